The van der Waals surface area contributed by atoms with Crippen LogP contribution in [0.25, 0.3) is 0 Å². The molecule has 0 aliphatic rings. The predicted octanol–water partition coefficient (Wildman–Crippen LogP) is 1.79. The van der Waals surface area contributed by atoms with Gasteiger partial charge in [-0.05, 0) is 6.92 Å². The molecule has 0 radical (unpaired) electrons. The van der Waals surface area contributed by atoms with Crippen molar-refractivity contribution in [3.05, 3.63) is 39.9 Å². The molecule has 1 aromatic rings. The number of amides is 1. The molecule has 0 heterocycles. The zero-order chi connectivity index (χ0) is 16.7. The standard InChI is InChI=1S/C15H20N2O5/c1-4-16(10-11(2)15(19)22-3)14(18)9-12-7-5-6-8-13(12)17(20)21/h5-8,11H,4,9-10H2,1-3H3. The Morgan fingerprint density at radius 1 is 1.36 bits per heavy atom. The van der Waals surface area contributed by atoms with Gasteiger partial charge < -0.3 is 9.64 Å². The largest absolute Gasteiger partial charge is 0.469 e. The van der Waals surface area contributed by atoms with Crippen molar-refractivity contribution in [1.29, 1.82) is 0 Å². The fraction of sp³-hybridized carbons (Fsp3) is 0.467. The molecule has 0 bridgehead atoms. The Balaban J connectivity index is 2.82. The Bertz CT molecular complexity index is 559. The van der Waals surface area contributed by atoms with Crippen molar-refractivity contribution in [1.82, 2.24) is 4.90 Å². The van der Waals surface area contributed by atoms with E-state index in [0.717, 1.165) is 0 Å². The molecular formula is C15H20N2O5. The number of hydrogen-bond donors (Lipinski definition) is 0. The van der Waals surface area contributed by atoms with Crippen molar-refractivity contribution < 1.29 is 19.2 Å². The van der Waals surface area contributed by atoms with Crippen molar-refractivity contribution >= 4 is 17.6 Å². The molecule has 0 aromatic heterocycles. The zero-order valence-electron chi connectivity index (χ0n) is 12.9. The fourth-order valence-corrected chi connectivity index (χ4v) is 2.13. The normalized spacial score (nSPS) is 11.6. The summed E-state index contributed by atoms with van der Waals surface area (Å²) in [5.74, 6) is -1.09. The lowest BCUT2D eigenvalue weighted by Gasteiger charge is -2.23. The number of rotatable bonds is 7. The van der Waals surface area contributed by atoms with Gasteiger partial charge in [-0.15, -0.1) is 0 Å². The highest BCUT2D eigenvalue weighted by Gasteiger charge is 2.22. The second kappa shape index (κ2) is 8.11. The average Bonchev–Trinajstić information content (AvgIpc) is 2.51. The van der Waals surface area contributed by atoms with Gasteiger partial charge in [-0.1, -0.05) is 25.1 Å². The Labute approximate surface area is 129 Å². The molecule has 0 aliphatic carbocycles. The number of nitro benzene ring substituents is 1. The lowest BCUT2D eigenvalue weighted by atomic mass is 10.1. The summed E-state index contributed by atoms with van der Waals surface area (Å²) in [5.41, 5.74) is 0.287. The van der Waals surface area contributed by atoms with Gasteiger partial charge in [0.2, 0.25) is 5.91 Å². The number of ether oxygens (including phenoxy) is 1. The van der Waals surface area contributed by atoms with Crippen LogP contribution in [0, 0.1) is 16.0 Å². The van der Waals surface area contributed by atoms with E-state index in [4.69, 9.17) is 0 Å². The van der Waals surface area contributed by atoms with Crippen LogP contribution in [0.3, 0.4) is 0 Å². The van der Waals surface area contributed by atoms with Gasteiger partial charge in [-0.25, -0.2) is 0 Å². The first-order valence-corrected chi connectivity index (χ1v) is 6.98. The summed E-state index contributed by atoms with van der Waals surface area (Å²) in [4.78, 5) is 35.7. The monoisotopic (exact) mass is 308 g/mol. The van der Waals surface area contributed by atoms with E-state index in [1.54, 1.807) is 32.0 Å². The lowest BCUT2D eigenvalue weighted by molar-refractivity contribution is -0.385. The maximum absolute atomic E-state index is 12.3. The van der Waals surface area contributed by atoms with Gasteiger partial charge in [0, 0.05) is 24.7 Å². The SMILES string of the molecule is CCN(CC(C)C(=O)OC)C(=O)Cc1ccccc1[N+](=O)[O-]. The van der Waals surface area contributed by atoms with Crippen molar-refractivity contribution in [2.45, 2.75) is 20.3 Å². The first-order chi connectivity index (χ1) is 10.4. The number of esters is 1. The number of methoxy groups -OCH3 is 1. The Morgan fingerprint density at radius 2 is 2.00 bits per heavy atom. The van der Waals surface area contributed by atoms with Gasteiger partial charge in [0.15, 0.2) is 0 Å². The average molecular weight is 308 g/mol. The molecule has 1 unspecified atom stereocenters. The van der Waals surface area contributed by atoms with Crippen molar-refractivity contribution in [3.63, 3.8) is 0 Å². The predicted molar refractivity (Wildman–Crippen MR) is 80.2 cm³/mol. The third-order valence-electron chi connectivity index (χ3n) is 3.36. The quantitative estimate of drug-likeness (QED) is 0.435. The molecule has 1 aromatic carbocycles. The second-order valence-electron chi connectivity index (χ2n) is 4.92. The maximum atomic E-state index is 12.3. The molecule has 0 fully saturated rings. The van der Waals surface area contributed by atoms with E-state index in [1.165, 1.54) is 18.1 Å². The molecule has 0 N–H and O–H groups in total. The van der Waals surface area contributed by atoms with Gasteiger partial charge >= 0.3 is 5.97 Å². The highest BCUT2D eigenvalue weighted by atomic mass is 16.6. The van der Waals surface area contributed by atoms with Crippen LogP contribution in [0.2, 0.25) is 0 Å². The number of nitrogens with zero attached hydrogens (tertiary/aromatic N) is 2. The summed E-state index contributed by atoms with van der Waals surface area (Å²) < 4.78 is 4.64. The number of benzene rings is 1. The van der Waals surface area contributed by atoms with E-state index in [9.17, 15) is 19.7 Å². The number of carbonyl (C=O) groups is 2. The van der Waals surface area contributed by atoms with E-state index in [2.05, 4.69) is 4.74 Å². The zero-order valence-corrected chi connectivity index (χ0v) is 12.9. The van der Waals surface area contributed by atoms with E-state index in [0.29, 0.717) is 12.1 Å². The van der Waals surface area contributed by atoms with E-state index in [-0.39, 0.29) is 24.6 Å². The van der Waals surface area contributed by atoms with E-state index in [1.807, 2.05) is 0 Å². The first kappa shape index (κ1) is 17.6. The summed E-state index contributed by atoms with van der Waals surface area (Å²) in [7, 11) is 1.30. The summed E-state index contributed by atoms with van der Waals surface area (Å²) >= 11 is 0. The third kappa shape index (κ3) is 4.54. The van der Waals surface area contributed by atoms with Crippen LogP contribution >= 0.6 is 0 Å². The van der Waals surface area contributed by atoms with Crippen LogP contribution in [0.4, 0.5) is 5.69 Å². The van der Waals surface area contributed by atoms with Crippen LogP contribution in [-0.2, 0) is 20.7 Å². The van der Waals surface area contributed by atoms with E-state index < -0.39 is 16.8 Å². The summed E-state index contributed by atoms with van der Waals surface area (Å²) in [6, 6.07) is 6.15. The third-order valence-corrected chi connectivity index (χ3v) is 3.36. The number of hydrogen-bond acceptors (Lipinski definition) is 5. The molecule has 22 heavy (non-hydrogen) atoms. The number of nitro groups is 1. The summed E-state index contributed by atoms with van der Waals surface area (Å²) in [6.45, 7) is 4.11. The molecule has 120 valence electrons. The highest BCUT2D eigenvalue weighted by molar-refractivity contribution is 5.81. The summed E-state index contributed by atoms with van der Waals surface area (Å²) in [6.07, 6.45) is -0.0705. The molecule has 0 aliphatic heterocycles. The molecule has 1 rings (SSSR count). The van der Waals surface area contributed by atoms with Crippen LogP contribution in [0.15, 0.2) is 24.3 Å². The number of para-hydroxylation sites is 1. The number of carbonyl (C=O) groups excluding carboxylic acids is 2. The molecule has 1 amide bonds. The lowest BCUT2D eigenvalue weighted by Crippen LogP contribution is -2.38. The number of likely N-dealkylation sites (N-methyl/N-ethyl adjacent to an activating group) is 1. The molecule has 0 spiro atoms. The first-order valence-electron chi connectivity index (χ1n) is 6.98. The maximum Gasteiger partial charge on any atom is 0.310 e. The summed E-state index contributed by atoms with van der Waals surface area (Å²) in [5, 5.41) is 11.0. The Morgan fingerprint density at radius 3 is 2.55 bits per heavy atom. The molecule has 0 saturated heterocycles. The minimum Gasteiger partial charge on any atom is -0.469 e. The van der Waals surface area contributed by atoms with Gasteiger partial charge in [-0.2, -0.15) is 0 Å². The van der Waals surface area contributed by atoms with Crippen LogP contribution in [-0.4, -0.2) is 41.9 Å². The van der Waals surface area contributed by atoms with Gasteiger partial charge in [0.05, 0.1) is 24.4 Å². The van der Waals surface area contributed by atoms with Crippen LogP contribution < -0.4 is 0 Å². The van der Waals surface area contributed by atoms with Gasteiger partial charge in [-0.3, -0.25) is 19.7 Å². The highest BCUT2D eigenvalue weighted by Crippen LogP contribution is 2.19. The molecular weight excluding hydrogens is 288 g/mol. The molecule has 1 atom stereocenters. The van der Waals surface area contributed by atoms with E-state index >= 15 is 0 Å². The molecule has 0 saturated carbocycles. The van der Waals surface area contributed by atoms with Crippen molar-refractivity contribution in [2.75, 3.05) is 20.2 Å². The van der Waals surface area contributed by atoms with Gasteiger partial charge in [0.1, 0.15) is 0 Å². The molecule has 7 nitrogen and oxygen atoms in total. The molecule has 7 heteroatoms. The Kier molecular flexibility index (Phi) is 6.49. The van der Waals surface area contributed by atoms with Gasteiger partial charge in [0.25, 0.3) is 5.69 Å². The second-order valence-corrected chi connectivity index (χ2v) is 4.92. The van der Waals surface area contributed by atoms with Crippen LogP contribution in [0.1, 0.15) is 19.4 Å². The van der Waals surface area contributed by atoms with Crippen molar-refractivity contribution in [2.24, 2.45) is 5.92 Å². The van der Waals surface area contributed by atoms with Crippen LogP contribution in [0.5, 0.6) is 0 Å². The smallest absolute Gasteiger partial charge is 0.310 e. The van der Waals surface area contributed by atoms with Crippen molar-refractivity contribution in [3.8, 4) is 0 Å². The minimum absolute atomic E-state index is 0.0705. The fourth-order valence-electron chi connectivity index (χ4n) is 2.13. The topological polar surface area (TPSA) is 89.8 Å². The minimum atomic E-state index is -0.504. The Hall–Kier alpha value is -2.44.